The lowest BCUT2D eigenvalue weighted by Gasteiger charge is -2.23. The summed E-state index contributed by atoms with van der Waals surface area (Å²) in [6.07, 6.45) is 3.56. The van der Waals surface area contributed by atoms with Crippen molar-refractivity contribution in [2.45, 2.75) is 13.0 Å². The quantitative estimate of drug-likeness (QED) is 0.694. The van der Waals surface area contributed by atoms with Crippen LogP contribution in [0.5, 0.6) is 0 Å². The van der Waals surface area contributed by atoms with Crippen molar-refractivity contribution >= 4 is 10.9 Å². The highest BCUT2D eigenvalue weighted by molar-refractivity contribution is 5.83. The molecule has 0 spiro atoms. The third-order valence-corrected chi connectivity index (χ3v) is 4.48. The smallest absolute Gasteiger partial charge is 0.103 e. The molecule has 2 heterocycles. The Hall–Kier alpha value is -1.36. The van der Waals surface area contributed by atoms with Crippen molar-refractivity contribution in [3.8, 4) is 0 Å². The van der Waals surface area contributed by atoms with Crippen LogP contribution in [0.4, 0.5) is 0 Å². The van der Waals surface area contributed by atoms with Crippen molar-refractivity contribution in [1.82, 2.24) is 4.57 Å². The number of aromatic nitrogens is 1. The van der Waals surface area contributed by atoms with Crippen molar-refractivity contribution in [3.63, 3.8) is 0 Å². The molecular formula is C17H27N3O+2. The average Bonchev–Trinajstić information content (AvgIpc) is 2.85. The number of nitrogens with two attached hydrogens (primary N) is 1. The fourth-order valence-electron chi connectivity index (χ4n) is 3.25. The summed E-state index contributed by atoms with van der Waals surface area (Å²) in [5.74, 6) is 0. The van der Waals surface area contributed by atoms with Gasteiger partial charge >= 0.3 is 0 Å². The van der Waals surface area contributed by atoms with E-state index >= 15 is 0 Å². The van der Waals surface area contributed by atoms with Crippen LogP contribution in [0.3, 0.4) is 0 Å². The van der Waals surface area contributed by atoms with Crippen molar-refractivity contribution in [2.75, 3.05) is 39.4 Å². The predicted octanol–water partition coefficient (Wildman–Crippen LogP) is -0.453. The Kier molecular flexibility index (Phi) is 4.91. The molecule has 0 aliphatic carbocycles. The van der Waals surface area contributed by atoms with E-state index < -0.39 is 0 Å². The molecular weight excluding hydrogens is 262 g/mol. The maximum absolute atomic E-state index is 5.40. The van der Waals surface area contributed by atoms with E-state index in [2.05, 4.69) is 47.4 Å². The number of hydrogen-bond acceptors (Lipinski definition) is 1. The number of ether oxygens (including phenoxy) is 1. The van der Waals surface area contributed by atoms with Gasteiger partial charge in [0.25, 0.3) is 0 Å². The minimum absolute atomic E-state index is 0.940. The average molecular weight is 289 g/mol. The van der Waals surface area contributed by atoms with Gasteiger partial charge in [-0.05, 0) is 6.07 Å². The van der Waals surface area contributed by atoms with Gasteiger partial charge in [-0.2, -0.15) is 0 Å². The highest BCUT2D eigenvalue weighted by atomic mass is 16.5. The van der Waals surface area contributed by atoms with Crippen molar-refractivity contribution in [2.24, 2.45) is 7.05 Å². The fraction of sp³-hybridized carbons (Fsp3) is 0.529. The molecule has 3 N–H and O–H groups in total. The first-order valence-corrected chi connectivity index (χ1v) is 8.10. The lowest BCUT2D eigenvalue weighted by Crippen LogP contribution is -3.14. The van der Waals surface area contributed by atoms with E-state index in [1.165, 1.54) is 49.1 Å². The molecule has 114 valence electrons. The number of morpholine rings is 1. The Balaban J connectivity index is 1.44. The minimum atomic E-state index is 0.940. The Morgan fingerprint density at radius 3 is 2.90 bits per heavy atom. The van der Waals surface area contributed by atoms with Crippen LogP contribution >= 0.6 is 0 Å². The van der Waals surface area contributed by atoms with Gasteiger partial charge < -0.3 is 19.5 Å². The van der Waals surface area contributed by atoms with E-state index in [0.717, 1.165) is 19.8 Å². The molecule has 0 atom stereocenters. The number of nitrogens with zero attached hydrogens (tertiary/aromatic N) is 1. The Bertz CT molecular complexity index is 572. The molecule has 1 aromatic heterocycles. The first-order valence-electron chi connectivity index (χ1n) is 8.10. The topological polar surface area (TPSA) is 35.2 Å². The highest BCUT2D eigenvalue weighted by Gasteiger charge is 2.13. The van der Waals surface area contributed by atoms with Crippen LogP contribution < -0.4 is 10.2 Å². The van der Waals surface area contributed by atoms with Crippen LogP contribution in [0, 0.1) is 0 Å². The normalized spacial score (nSPS) is 16.6. The summed E-state index contributed by atoms with van der Waals surface area (Å²) >= 11 is 0. The molecule has 21 heavy (non-hydrogen) atoms. The first kappa shape index (κ1) is 14.6. The summed E-state index contributed by atoms with van der Waals surface area (Å²) in [4.78, 5) is 1.71. The van der Waals surface area contributed by atoms with Gasteiger partial charge in [-0.3, -0.25) is 0 Å². The molecule has 2 aromatic rings. The first-order chi connectivity index (χ1) is 10.3. The molecule has 1 saturated heterocycles. The number of aryl methyl sites for hydroxylation is 1. The van der Waals surface area contributed by atoms with Crippen LogP contribution in [-0.4, -0.2) is 44.0 Å². The Morgan fingerprint density at radius 1 is 1.24 bits per heavy atom. The number of benzene rings is 1. The summed E-state index contributed by atoms with van der Waals surface area (Å²) in [5, 5.41) is 3.84. The molecule has 1 aromatic carbocycles. The number of fused-ring (bicyclic) bond motifs is 1. The molecule has 1 aliphatic heterocycles. The number of nitrogens with one attached hydrogen (secondary N) is 1. The zero-order valence-corrected chi connectivity index (χ0v) is 13.0. The highest BCUT2D eigenvalue weighted by Crippen LogP contribution is 2.18. The van der Waals surface area contributed by atoms with Crippen molar-refractivity contribution < 1.29 is 15.0 Å². The lowest BCUT2D eigenvalue weighted by atomic mass is 10.2. The maximum atomic E-state index is 5.40. The summed E-state index contributed by atoms with van der Waals surface area (Å²) < 4.78 is 7.63. The molecule has 3 rings (SSSR count). The van der Waals surface area contributed by atoms with Gasteiger partial charge in [0.15, 0.2) is 0 Å². The second-order valence-corrected chi connectivity index (χ2v) is 6.03. The third-order valence-electron chi connectivity index (χ3n) is 4.48. The summed E-state index contributed by atoms with van der Waals surface area (Å²) in [5.41, 5.74) is 2.78. The van der Waals surface area contributed by atoms with Crippen LogP contribution in [0.25, 0.3) is 10.9 Å². The summed E-state index contributed by atoms with van der Waals surface area (Å²) in [6.45, 7) is 7.83. The lowest BCUT2D eigenvalue weighted by molar-refractivity contribution is -0.909. The second-order valence-electron chi connectivity index (χ2n) is 6.03. The van der Waals surface area contributed by atoms with Gasteiger partial charge in [-0.15, -0.1) is 0 Å². The standard InChI is InChI=1S/C17H25N3O/c1-19-14-15(16-5-2-3-6-17(16)19)13-18-7-4-8-20-9-11-21-12-10-20/h2-3,5-6,14,18H,4,7-13H2,1H3/p+2. The fourth-order valence-corrected chi connectivity index (χ4v) is 3.25. The second kappa shape index (κ2) is 7.07. The number of rotatable bonds is 6. The van der Waals surface area contributed by atoms with Crippen LogP contribution in [0.1, 0.15) is 12.0 Å². The van der Waals surface area contributed by atoms with Gasteiger partial charge in [0.05, 0.1) is 26.3 Å². The van der Waals surface area contributed by atoms with E-state index in [-0.39, 0.29) is 0 Å². The molecule has 4 nitrogen and oxygen atoms in total. The van der Waals surface area contributed by atoms with E-state index in [4.69, 9.17) is 4.74 Å². The SMILES string of the molecule is Cn1cc(C[NH2+]CCC[NH+]2CCOCC2)c2ccccc21. The van der Waals surface area contributed by atoms with E-state index in [9.17, 15) is 0 Å². The number of hydrogen-bond donors (Lipinski definition) is 2. The Labute approximate surface area is 126 Å². The van der Waals surface area contributed by atoms with Gasteiger partial charge in [0.1, 0.15) is 19.6 Å². The molecule has 0 saturated carbocycles. The van der Waals surface area contributed by atoms with Gasteiger partial charge in [-0.1, -0.05) is 18.2 Å². The van der Waals surface area contributed by atoms with Gasteiger partial charge in [-0.25, -0.2) is 0 Å². The summed E-state index contributed by atoms with van der Waals surface area (Å²) in [7, 11) is 2.13. The van der Waals surface area contributed by atoms with Crippen molar-refractivity contribution in [1.29, 1.82) is 0 Å². The maximum Gasteiger partial charge on any atom is 0.103 e. The van der Waals surface area contributed by atoms with Crippen LogP contribution in [0.15, 0.2) is 30.5 Å². The predicted molar refractivity (Wildman–Crippen MR) is 84.4 cm³/mol. The third kappa shape index (κ3) is 3.64. The van der Waals surface area contributed by atoms with E-state index in [0.29, 0.717) is 0 Å². The summed E-state index contributed by atoms with van der Waals surface area (Å²) in [6, 6.07) is 8.67. The minimum Gasteiger partial charge on any atom is -0.370 e. The van der Waals surface area contributed by atoms with Gasteiger partial charge in [0, 0.05) is 36.1 Å². The number of para-hydroxylation sites is 1. The zero-order valence-electron chi connectivity index (χ0n) is 13.0. The molecule has 0 unspecified atom stereocenters. The monoisotopic (exact) mass is 289 g/mol. The number of quaternary nitrogens is 2. The largest absolute Gasteiger partial charge is 0.370 e. The zero-order chi connectivity index (χ0) is 14.5. The molecule has 0 amide bonds. The molecule has 1 fully saturated rings. The molecule has 4 heteroatoms. The molecule has 0 bridgehead atoms. The molecule has 1 aliphatic rings. The van der Waals surface area contributed by atoms with Crippen LogP contribution in [0.2, 0.25) is 0 Å². The van der Waals surface area contributed by atoms with Crippen molar-refractivity contribution in [3.05, 3.63) is 36.0 Å². The Morgan fingerprint density at radius 2 is 2.05 bits per heavy atom. The molecule has 0 radical (unpaired) electrons. The van der Waals surface area contributed by atoms with Gasteiger partial charge in [0.2, 0.25) is 0 Å². The van der Waals surface area contributed by atoms with E-state index in [1.807, 2.05) is 0 Å². The van der Waals surface area contributed by atoms with E-state index in [1.54, 1.807) is 4.90 Å². The van der Waals surface area contributed by atoms with Crippen LogP contribution in [-0.2, 0) is 18.3 Å².